The molecule has 49 heavy (non-hydrogen) atoms. The van der Waals surface area contributed by atoms with Crippen LogP contribution < -0.4 is 10.1 Å². The number of aliphatic hydroxyl groups is 1. The number of nitrogens with one attached hydrogen (secondary N) is 1. The summed E-state index contributed by atoms with van der Waals surface area (Å²) in [5.74, 6) is -0.453. The van der Waals surface area contributed by atoms with Gasteiger partial charge in [-0.2, -0.15) is 9.97 Å². The second-order valence-electron chi connectivity index (χ2n) is 15.6. The molecule has 3 saturated carbocycles. The van der Waals surface area contributed by atoms with E-state index in [9.17, 15) is 19.5 Å². The predicted octanol–water partition coefficient (Wildman–Crippen LogP) is 6.02. The first kappa shape index (κ1) is 33.9. The molecule has 2 N–H and O–H groups in total. The molecular formula is C36H44ClN5O7. The van der Waals surface area contributed by atoms with Gasteiger partial charge in [-0.05, 0) is 80.7 Å². The Morgan fingerprint density at radius 1 is 1.12 bits per heavy atom. The summed E-state index contributed by atoms with van der Waals surface area (Å²) in [6.45, 7) is 10.7. The molecule has 262 valence electrons. The summed E-state index contributed by atoms with van der Waals surface area (Å²) in [4.78, 5) is 51.5. The normalized spacial score (nSPS) is 27.4. The van der Waals surface area contributed by atoms with Crippen molar-refractivity contribution in [3.05, 3.63) is 40.4 Å². The van der Waals surface area contributed by atoms with Crippen LogP contribution in [0.15, 0.2) is 18.5 Å². The van der Waals surface area contributed by atoms with E-state index in [2.05, 4.69) is 20.3 Å². The van der Waals surface area contributed by atoms with Crippen molar-refractivity contribution in [1.82, 2.24) is 19.5 Å². The van der Waals surface area contributed by atoms with E-state index in [1.807, 2.05) is 33.8 Å². The Labute approximate surface area is 290 Å². The Balaban J connectivity index is 1.02. The Bertz CT molecular complexity index is 1840. The van der Waals surface area contributed by atoms with Crippen LogP contribution in [0.3, 0.4) is 0 Å². The number of imidazole rings is 1. The number of halogens is 1. The van der Waals surface area contributed by atoms with Crippen molar-refractivity contribution in [1.29, 1.82) is 0 Å². The monoisotopic (exact) mass is 693 g/mol. The molecule has 0 radical (unpaired) electrons. The van der Waals surface area contributed by atoms with Crippen molar-refractivity contribution in [3.63, 3.8) is 0 Å². The van der Waals surface area contributed by atoms with Gasteiger partial charge in [0, 0.05) is 30.2 Å². The van der Waals surface area contributed by atoms with Crippen LogP contribution in [0.2, 0.25) is 5.28 Å². The lowest BCUT2D eigenvalue weighted by molar-refractivity contribution is -0.154. The van der Waals surface area contributed by atoms with Gasteiger partial charge < -0.3 is 24.6 Å². The van der Waals surface area contributed by atoms with Gasteiger partial charge in [-0.25, -0.2) is 4.98 Å². The van der Waals surface area contributed by atoms with E-state index < -0.39 is 40.9 Å². The molecule has 4 atom stereocenters. The quantitative estimate of drug-likeness (QED) is 0.163. The van der Waals surface area contributed by atoms with Crippen molar-refractivity contribution in [2.45, 2.75) is 128 Å². The van der Waals surface area contributed by atoms with Crippen molar-refractivity contribution < 1.29 is 33.7 Å². The molecule has 2 aromatic heterocycles. The summed E-state index contributed by atoms with van der Waals surface area (Å²) >= 11 is 6.32. The maximum atomic E-state index is 13.3. The van der Waals surface area contributed by atoms with Crippen LogP contribution >= 0.6 is 11.6 Å². The largest absolute Gasteiger partial charge is 0.456 e. The molecule has 1 saturated heterocycles. The van der Waals surface area contributed by atoms with Gasteiger partial charge in [-0.3, -0.25) is 19.0 Å². The maximum absolute atomic E-state index is 13.3. The summed E-state index contributed by atoms with van der Waals surface area (Å²) in [5, 5.41) is 14.5. The maximum Gasteiger partial charge on any atom is 0.308 e. The van der Waals surface area contributed by atoms with Crippen molar-refractivity contribution >= 4 is 46.4 Å². The van der Waals surface area contributed by atoms with Crippen molar-refractivity contribution in [2.24, 2.45) is 11.3 Å². The Hall–Kier alpha value is -3.61. The average molecular weight is 694 g/mol. The van der Waals surface area contributed by atoms with Gasteiger partial charge >= 0.3 is 11.9 Å². The first-order valence-electron chi connectivity index (χ1n) is 17.1. The standard InChI is InChI=1S/C36H44ClN5O7/c1-19-12-20(2)26(23(13-19)47-21(3)43)33(4,5)17-25(44)48-31-34(6)36(31,46)16-24(49-34)42-18-38-27-28(40-32(37)41-29(27)42)39-30(45)22-14-35(15-22)10-8-7-9-11-35/h12-13,18,22,24,31,46H,7-11,14-17H2,1-6H3,(H,39,40,41,45)/t24-,31?,34-,36-/m1/s1. The minimum atomic E-state index is -1.44. The molecule has 0 bridgehead atoms. The minimum absolute atomic E-state index is 0.0187. The zero-order valence-corrected chi connectivity index (χ0v) is 29.6. The number of nitrogens with zero attached hydrogens (tertiary/aromatic N) is 4. The first-order chi connectivity index (χ1) is 23.0. The topological polar surface area (TPSA) is 155 Å². The minimum Gasteiger partial charge on any atom is -0.456 e. The van der Waals surface area contributed by atoms with Gasteiger partial charge in [0.25, 0.3) is 0 Å². The highest BCUT2D eigenvalue weighted by Crippen LogP contribution is 2.64. The van der Waals surface area contributed by atoms with Gasteiger partial charge in [0.15, 0.2) is 23.1 Å². The summed E-state index contributed by atoms with van der Waals surface area (Å²) in [5.41, 5.74) is 0.270. The van der Waals surface area contributed by atoms with Gasteiger partial charge in [-0.1, -0.05) is 39.2 Å². The fourth-order valence-electron chi connectivity index (χ4n) is 8.97. The van der Waals surface area contributed by atoms with E-state index in [0.717, 1.165) is 29.5 Å². The molecule has 13 heteroatoms. The van der Waals surface area contributed by atoms with Gasteiger partial charge in [-0.15, -0.1) is 0 Å². The van der Waals surface area contributed by atoms with E-state index in [1.54, 1.807) is 17.6 Å². The molecule has 1 aromatic carbocycles. The number of esters is 2. The lowest BCUT2D eigenvalue weighted by atomic mass is 9.55. The zero-order valence-electron chi connectivity index (χ0n) is 28.9. The zero-order chi connectivity index (χ0) is 35.1. The van der Waals surface area contributed by atoms with Gasteiger partial charge in [0.2, 0.25) is 11.2 Å². The Kier molecular flexibility index (Phi) is 8.11. The first-order valence-corrected chi connectivity index (χ1v) is 17.5. The second-order valence-corrected chi connectivity index (χ2v) is 15.9. The van der Waals surface area contributed by atoms with Crippen molar-refractivity contribution in [3.8, 4) is 5.75 Å². The second kappa shape index (κ2) is 11.7. The van der Waals surface area contributed by atoms with Crippen molar-refractivity contribution in [2.75, 3.05) is 5.32 Å². The summed E-state index contributed by atoms with van der Waals surface area (Å²) in [6.07, 6.45) is 7.99. The molecular weight excluding hydrogens is 650 g/mol. The molecule has 1 unspecified atom stereocenters. The smallest absolute Gasteiger partial charge is 0.308 e. The van der Waals surface area contributed by atoms with E-state index in [4.69, 9.17) is 25.8 Å². The van der Waals surface area contributed by atoms with Crippen LogP contribution in [0.25, 0.3) is 11.2 Å². The molecule has 7 rings (SSSR count). The van der Waals surface area contributed by atoms with Gasteiger partial charge in [0.05, 0.1) is 12.7 Å². The van der Waals surface area contributed by atoms with Crippen LogP contribution in [-0.2, 0) is 29.3 Å². The molecule has 3 heterocycles. The van der Waals surface area contributed by atoms with Gasteiger partial charge in [0.1, 0.15) is 23.2 Å². The molecule has 3 aromatic rings. The Morgan fingerprint density at radius 2 is 1.84 bits per heavy atom. The molecule has 3 aliphatic carbocycles. The van der Waals surface area contributed by atoms with Crippen LogP contribution in [-0.4, -0.2) is 59.8 Å². The highest BCUT2D eigenvalue weighted by Gasteiger charge is 2.83. The van der Waals surface area contributed by atoms with Crippen LogP contribution in [0.5, 0.6) is 5.75 Å². The van der Waals surface area contributed by atoms with Crippen LogP contribution in [0.4, 0.5) is 5.82 Å². The number of hydrogen-bond acceptors (Lipinski definition) is 10. The molecule has 1 aliphatic heterocycles. The predicted molar refractivity (Wildman–Crippen MR) is 180 cm³/mol. The molecule has 1 spiro atoms. The number of fused-ring (bicyclic) bond motifs is 2. The third kappa shape index (κ3) is 5.79. The molecule has 12 nitrogen and oxygen atoms in total. The van der Waals surface area contributed by atoms with E-state index in [-0.39, 0.29) is 35.8 Å². The fraction of sp³-hybridized carbons (Fsp3) is 0.611. The fourth-order valence-corrected chi connectivity index (χ4v) is 9.14. The Morgan fingerprint density at radius 3 is 2.49 bits per heavy atom. The van der Waals surface area contributed by atoms with Crippen LogP contribution in [0.1, 0.15) is 108 Å². The molecule has 4 aliphatic rings. The summed E-state index contributed by atoms with van der Waals surface area (Å²) < 4.78 is 19.4. The lowest BCUT2D eigenvalue weighted by Gasteiger charge is -2.49. The SMILES string of the molecule is CC(=O)Oc1cc(C)cc(C)c1C(C)(C)CC(=O)OC1[C@]2(O)C[C@H](n3cnc4c(NC(=O)C5CC6(CCCCC6)C5)nc(Cl)nc43)O[C@]12C. The molecule has 4 fully saturated rings. The van der Waals surface area contributed by atoms with E-state index >= 15 is 0 Å². The summed E-state index contributed by atoms with van der Waals surface area (Å²) in [7, 11) is 0. The third-order valence-corrected chi connectivity index (χ3v) is 11.5. The highest BCUT2D eigenvalue weighted by molar-refractivity contribution is 6.28. The number of aryl methyl sites for hydroxylation is 2. The van der Waals surface area contributed by atoms with E-state index in [1.165, 1.54) is 45.4 Å². The number of benzene rings is 1. The number of rotatable bonds is 8. The van der Waals surface area contributed by atoms with Crippen LogP contribution in [0, 0.1) is 25.2 Å². The number of aromatic nitrogens is 4. The number of carbonyl (C=O) groups excluding carboxylic acids is 3. The average Bonchev–Trinajstić information content (AvgIpc) is 3.28. The summed E-state index contributed by atoms with van der Waals surface area (Å²) in [6, 6.07) is 3.77. The number of hydrogen-bond donors (Lipinski definition) is 2. The number of anilines is 1. The number of ether oxygens (including phenoxy) is 3. The number of amides is 1. The number of carbonyl (C=O) groups is 3. The molecule has 1 amide bonds. The van der Waals surface area contributed by atoms with E-state index in [0.29, 0.717) is 22.3 Å². The lowest BCUT2D eigenvalue weighted by Crippen LogP contribution is -2.44. The third-order valence-electron chi connectivity index (χ3n) is 11.4. The highest BCUT2D eigenvalue weighted by atomic mass is 35.5.